The molecule has 1 saturated heterocycles. The van der Waals surface area contributed by atoms with Crippen LogP contribution in [0.15, 0.2) is 24.3 Å². The summed E-state index contributed by atoms with van der Waals surface area (Å²) in [6, 6.07) is 7.07. The van der Waals surface area contributed by atoms with Gasteiger partial charge in [0.2, 0.25) is 5.91 Å². The van der Waals surface area contributed by atoms with Crippen molar-refractivity contribution in [3.63, 3.8) is 0 Å². The Kier molecular flexibility index (Phi) is 4.20. The van der Waals surface area contributed by atoms with Crippen molar-refractivity contribution < 1.29 is 15.0 Å². The van der Waals surface area contributed by atoms with Crippen LogP contribution in [0.25, 0.3) is 0 Å². The van der Waals surface area contributed by atoms with Crippen molar-refractivity contribution in [2.45, 2.75) is 31.7 Å². The van der Waals surface area contributed by atoms with Gasteiger partial charge in [-0.3, -0.25) is 4.79 Å². The van der Waals surface area contributed by atoms with Gasteiger partial charge in [0.25, 0.3) is 0 Å². The van der Waals surface area contributed by atoms with E-state index in [2.05, 4.69) is 0 Å². The number of carbonyl (C=O) groups is 1. The van der Waals surface area contributed by atoms with Crippen LogP contribution in [0.4, 0.5) is 0 Å². The molecule has 1 heterocycles. The van der Waals surface area contributed by atoms with Gasteiger partial charge in [0.15, 0.2) is 0 Å². The van der Waals surface area contributed by atoms with E-state index in [1.54, 1.807) is 17.0 Å². The Morgan fingerprint density at radius 3 is 2.89 bits per heavy atom. The Bertz CT molecular complexity index is 419. The maximum Gasteiger partial charge on any atom is 0.223 e. The highest BCUT2D eigenvalue weighted by Gasteiger charge is 2.27. The molecular weight excluding hydrogens is 230 g/mol. The van der Waals surface area contributed by atoms with Crippen LogP contribution in [-0.2, 0) is 11.2 Å². The molecule has 0 radical (unpaired) electrons. The summed E-state index contributed by atoms with van der Waals surface area (Å²) in [6.07, 6.45) is 2.78. The number of carbonyl (C=O) groups excluding carboxylic acids is 1. The van der Waals surface area contributed by atoms with Crippen LogP contribution in [0.5, 0.6) is 5.75 Å². The van der Waals surface area contributed by atoms with Crippen molar-refractivity contribution in [1.82, 2.24) is 4.90 Å². The maximum absolute atomic E-state index is 12.0. The average molecular weight is 249 g/mol. The van der Waals surface area contributed by atoms with E-state index in [0.717, 1.165) is 24.9 Å². The zero-order valence-electron chi connectivity index (χ0n) is 10.4. The van der Waals surface area contributed by atoms with E-state index in [9.17, 15) is 15.0 Å². The van der Waals surface area contributed by atoms with Gasteiger partial charge in [0, 0.05) is 13.0 Å². The summed E-state index contributed by atoms with van der Waals surface area (Å²) in [5, 5.41) is 18.8. The van der Waals surface area contributed by atoms with Gasteiger partial charge < -0.3 is 15.1 Å². The molecule has 4 heteroatoms. The molecule has 0 bridgehead atoms. The molecule has 1 amide bonds. The Labute approximate surface area is 107 Å². The van der Waals surface area contributed by atoms with E-state index in [1.165, 1.54) is 0 Å². The standard InChI is InChI=1S/C14H19NO3/c16-10-12-5-3-9-15(12)14(18)8-7-11-4-1-2-6-13(11)17/h1-2,4,6,12,16-17H,3,5,7-10H2/t12-/m1/s1. The lowest BCUT2D eigenvalue weighted by molar-refractivity contribution is -0.132. The van der Waals surface area contributed by atoms with E-state index in [1.807, 2.05) is 12.1 Å². The number of para-hydroxylation sites is 1. The van der Waals surface area contributed by atoms with Crippen LogP contribution in [0.3, 0.4) is 0 Å². The molecule has 0 saturated carbocycles. The fraction of sp³-hybridized carbons (Fsp3) is 0.500. The van der Waals surface area contributed by atoms with Crippen molar-refractivity contribution >= 4 is 5.91 Å². The van der Waals surface area contributed by atoms with Gasteiger partial charge in [0.1, 0.15) is 5.75 Å². The van der Waals surface area contributed by atoms with Crippen LogP contribution < -0.4 is 0 Å². The van der Waals surface area contributed by atoms with Crippen LogP contribution in [0.1, 0.15) is 24.8 Å². The second-order valence-corrected chi connectivity index (χ2v) is 4.69. The van der Waals surface area contributed by atoms with Crippen LogP contribution in [0, 0.1) is 0 Å². The van der Waals surface area contributed by atoms with E-state index >= 15 is 0 Å². The molecule has 2 rings (SSSR count). The lowest BCUT2D eigenvalue weighted by atomic mass is 10.1. The molecule has 1 fully saturated rings. The number of nitrogens with zero attached hydrogens (tertiary/aromatic N) is 1. The Morgan fingerprint density at radius 1 is 1.39 bits per heavy atom. The number of hydrogen-bond acceptors (Lipinski definition) is 3. The second-order valence-electron chi connectivity index (χ2n) is 4.69. The molecule has 0 aliphatic carbocycles. The van der Waals surface area contributed by atoms with Gasteiger partial charge in [-0.2, -0.15) is 0 Å². The molecule has 1 aromatic rings. The molecule has 1 aliphatic heterocycles. The third kappa shape index (κ3) is 2.82. The molecule has 18 heavy (non-hydrogen) atoms. The summed E-state index contributed by atoms with van der Waals surface area (Å²) in [5.74, 6) is 0.306. The summed E-state index contributed by atoms with van der Waals surface area (Å²) in [7, 11) is 0. The fourth-order valence-electron chi connectivity index (χ4n) is 2.46. The number of aromatic hydroxyl groups is 1. The first kappa shape index (κ1) is 12.9. The van der Waals surface area contributed by atoms with Gasteiger partial charge in [0.05, 0.1) is 12.6 Å². The van der Waals surface area contributed by atoms with Crippen molar-refractivity contribution in [2.75, 3.05) is 13.2 Å². The fourth-order valence-corrected chi connectivity index (χ4v) is 2.46. The largest absolute Gasteiger partial charge is 0.508 e. The molecular formula is C14H19NO3. The SMILES string of the molecule is O=C(CCc1ccccc1O)N1CCC[C@@H]1CO. The molecule has 0 unspecified atom stereocenters. The smallest absolute Gasteiger partial charge is 0.223 e. The minimum atomic E-state index is -0.0122. The zero-order chi connectivity index (χ0) is 13.0. The summed E-state index contributed by atoms with van der Waals surface area (Å²) in [4.78, 5) is 13.8. The zero-order valence-corrected chi connectivity index (χ0v) is 10.4. The minimum Gasteiger partial charge on any atom is -0.508 e. The number of amides is 1. The summed E-state index contributed by atoms with van der Waals surface area (Å²) in [5.41, 5.74) is 0.797. The normalized spacial score (nSPS) is 19.2. The number of rotatable bonds is 4. The molecule has 1 aliphatic rings. The van der Waals surface area contributed by atoms with Crippen molar-refractivity contribution in [1.29, 1.82) is 0 Å². The van der Waals surface area contributed by atoms with Crippen molar-refractivity contribution in [3.05, 3.63) is 29.8 Å². The summed E-state index contributed by atoms with van der Waals surface area (Å²) >= 11 is 0. The summed E-state index contributed by atoms with van der Waals surface area (Å²) < 4.78 is 0. The minimum absolute atomic E-state index is 0.0122. The van der Waals surface area contributed by atoms with Crippen LogP contribution in [-0.4, -0.2) is 40.2 Å². The van der Waals surface area contributed by atoms with E-state index in [-0.39, 0.29) is 24.3 Å². The number of benzene rings is 1. The van der Waals surface area contributed by atoms with Crippen molar-refractivity contribution in [2.24, 2.45) is 0 Å². The lowest BCUT2D eigenvalue weighted by Gasteiger charge is -2.23. The van der Waals surface area contributed by atoms with Gasteiger partial charge in [-0.1, -0.05) is 18.2 Å². The third-order valence-corrected chi connectivity index (χ3v) is 3.51. The topological polar surface area (TPSA) is 60.8 Å². The van der Waals surface area contributed by atoms with Crippen molar-refractivity contribution in [3.8, 4) is 5.75 Å². The molecule has 0 spiro atoms. The highest BCUT2D eigenvalue weighted by molar-refractivity contribution is 5.77. The Balaban J connectivity index is 1.90. The second kappa shape index (κ2) is 5.87. The Morgan fingerprint density at radius 2 is 2.17 bits per heavy atom. The number of phenolic OH excluding ortho intramolecular Hbond substituents is 1. The molecule has 98 valence electrons. The number of aliphatic hydroxyl groups is 1. The first-order valence-corrected chi connectivity index (χ1v) is 6.39. The van der Waals surface area contributed by atoms with Gasteiger partial charge in [-0.25, -0.2) is 0 Å². The predicted molar refractivity (Wildman–Crippen MR) is 68.2 cm³/mol. The summed E-state index contributed by atoms with van der Waals surface area (Å²) in [6.45, 7) is 0.785. The van der Waals surface area contributed by atoms with Crippen LogP contribution in [0.2, 0.25) is 0 Å². The van der Waals surface area contributed by atoms with Gasteiger partial charge in [-0.15, -0.1) is 0 Å². The van der Waals surface area contributed by atoms with Gasteiger partial charge >= 0.3 is 0 Å². The first-order chi connectivity index (χ1) is 8.72. The number of hydrogen-bond donors (Lipinski definition) is 2. The van der Waals surface area contributed by atoms with E-state index in [0.29, 0.717) is 12.8 Å². The lowest BCUT2D eigenvalue weighted by Crippen LogP contribution is -2.37. The number of likely N-dealkylation sites (tertiary alicyclic amines) is 1. The number of phenols is 1. The first-order valence-electron chi connectivity index (χ1n) is 6.39. The Hall–Kier alpha value is -1.55. The number of aryl methyl sites for hydroxylation is 1. The van der Waals surface area contributed by atoms with E-state index in [4.69, 9.17) is 0 Å². The van der Waals surface area contributed by atoms with Gasteiger partial charge in [-0.05, 0) is 30.9 Å². The van der Waals surface area contributed by atoms with Crippen LogP contribution >= 0.6 is 0 Å². The molecule has 1 aromatic carbocycles. The molecule has 2 N–H and O–H groups in total. The monoisotopic (exact) mass is 249 g/mol. The molecule has 1 atom stereocenters. The van der Waals surface area contributed by atoms with E-state index < -0.39 is 0 Å². The third-order valence-electron chi connectivity index (χ3n) is 3.51. The quantitative estimate of drug-likeness (QED) is 0.845. The maximum atomic E-state index is 12.0. The highest BCUT2D eigenvalue weighted by atomic mass is 16.3. The highest BCUT2D eigenvalue weighted by Crippen LogP contribution is 2.21. The average Bonchev–Trinajstić information content (AvgIpc) is 2.86. The number of aliphatic hydroxyl groups excluding tert-OH is 1. The molecule has 4 nitrogen and oxygen atoms in total. The molecule has 0 aromatic heterocycles. The predicted octanol–water partition coefficient (Wildman–Crippen LogP) is 1.31.